The fraction of sp³-hybridized carbons (Fsp3) is 0.500. The van der Waals surface area contributed by atoms with Gasteiger partial charge in [0.1, 0.15) is 0 Å². The number of aryl methyl sites for hydroxylation is 1. The molecular formula is C10H12N2O5. The lowest BCUT2D eigenvalue weighted by Gasteiger charge is -2.29. The molecule has 17 heavy (non-hydrogen) atoms. The summed E-state index contributed by atoms with van der Waals surface area (Å²) in [5, 5.41) is 12.4. The molecule has 0 radical (unpaired) electrons. The largest absolute Gasteiger partial charge is 0.479 e. The second-order valence-electron chi connectivity index (χ2n) is 3.78. The van der Waals surface area contributed by atoms with Crippen LogP contribution in [0.4, 0.5) is 0 Å². The first kappa shape index (κ1) is 11.6. The van der Waals surface area contributed by atoms with Crippen molar-refractivity contribution in [3.8, 4) is 0 Å². The number of aromatic nitrogens is 1. The van der Waals surface area contributed by atoms with E-state index >= 15 is 0 Å². The highest BCUT2D eigenvalue weighted by atomic mass is 16.5. The summed E-state index contributed by atoms with van der Waals surface area (Å²) in [4.78, 5) is 24.1. The van der Waals surface area contributed by atoms with Gasteiger partial charge in [-0.25, -0.2) is 4.79 Å². The maximum Gasteiger partial charge on any atom is 0.334 e. The number of amides is 1. The normalized spacial score (nSPS) is 20.3. The Kier molecular flexibility index (Phi) is 3.10. The van der Waals surface area contributed by atoms with Crippen molar-refractivity contribution in [2.24, 2.45) is 0 Å². The van der Waals surface area contributed by atoms with E-state index < -0.39 is 12.1 Å². The summed E-state index contributed by atoms with van der Waals surface area (Å²) in [6, 6.07) is 1.52. The first-order chi connectivity index (χ1) is 8.08. The quantitative estimate of drug-likeness (QED) is 0.776. The number of aliphatic carboxylic acids is 1. The van der Waals surface area contributed by atoms with Crippen molar-refractivity contribution in [2.45, 2.75) is 13.0 Å². The average Bonchev–Trinajstić information content (AvgIpc) is 2.75. The summed E-state index contributed by atoms with van der Waals surface area (Å²) in [7, 11) is 0. The maximum absolute atomic E-state index is 11.9. The molecule has 1 N–H and O–H groups in total. The molecule has 0 aliphatic carbocycles. The standard InChI is InChI=1S/C10H12N2O5/c1-6-4-7(17-11-6)9(13)12-2-3-16-8(5-12)10(14)15/h4,8H,2-3,5H2,1H3,(H,14,15). The predicted molar refractivity (Wildman–Crippen MR) is 54.5 cm³/mol. The predicted octanol–water partition coefficient (Wildman–Crippen LogP) is -0.0914. The van der Waals surface area contributed by atoms with Gasteiger partial charge in [0.2, 0.25) is 5.76 Å². The summed E-state index contributed by atoms with van der Waals surface area (Å²) >= 11 is 0. The third kappa shape index (κ3) is 2.44. The molecule has 1 aromatic heterocycles. The number of carbonyl (C=O) groups excluding carboxylic acids is 1. The second kappa shape index (κ2) is 4.54. The molecular weight excluding hydrogens is 228 g/mol. The first-order valence-corrected chi connectivity index (χ1v) is 5.15. The monoisotopic (exact) mass is 240 g/mol. The summed E-state index contributed by atoms with van der Waals surface area (Å²) in [5.41, 5.74) is 0.608. The minimum atomic E-state index is -1.07. The van der Waals surface area contributed by atoms with Crippen LogP contribution < -0.4 is 0 Å². The molecule has 1 fully saturated rings. The van der Waals surface area contributed by atoms with Crippen molar-refractivity contribution in [3.63, 3.8) is 0 Å². The van der Waals surface area contributed by atoms with Crippen LogP contribution in [-0.2, 0) is 9.53 Å². The molecule has 0 saturated carbocycles. The number of rotatable bonds is 2. The molecule has 0 spiro atoms. The van der Waals surface area contributed by atoms with Crippen LogP contribution in [0.2, 0.25) is 0 Å². The van der Waals surface area contributed by atoms with Gasteiger partial charge in [0.25, 0.3) is 5.91 Å². The van der Waals surface area contributed by atoms with Gasteiger partial charge in [-0.05, 0) is 6.92 Å². The highest BCUT2D eigenvalue weighted by Gasteiger charge is 2.30. The van der Waals surface area contributed by atoms with Crippen LogP contribution in [0.1, 0.15) is 16.2 Å². The van der Waals surface area contributed by atoms with Crippen molar-refractivity contribution < 1.29 is 24.0 Å². The van der Waals surface area contributed by atoms with Crippen LogP contribution in [0.15, 0.2) is 10.6 Å². The van der Waals surface area contributed by atoms with Crippen LogP contribution in [0.3, 0.4) is 0 Å². The zero-order valence-corrected chi connectivity index (χ0v) is 9.25. The van der Waals surface area contributed by atoms with Crippen molar-refractivity contribution in [3.05, 3.63) is 17.5 Å². The molecule has 0 bridgehead atoms. The summed E-state index contributed by atoms with van der Waals surface area (Å²) in [6.07, 6.45) is -0.975. The highest BCUT2D eigenvalue weighted by molar-refractivity contribution is 5.92. The van der Waals surface area contributed by atoms with Gasteiger partial charge in [0.15, 0.2) is 6.10 Å². The Morgan fingerprint density at radius 1 is 1.59 bits per heavy atom. The Labute approximate surface area is 96.9 Å². The number of ether oxygens (including phenoxy) is 1. The van der Waals surface area contributed by atoms with E-state index in [1.54, 1.807) is 6.92 Å². The molecule has 1 amide bonds. The number of carboxylic acid groups (broad SMARTS) is 1. The average molecular weight is 240 g/mol. The van der Waals surface area contributed by atoms with Crippen LogP contribution in [0.5, 0.6) is 0 Å². The highest BCUT2D eigenvalue weighted by Crippen LogP contribution is 2.11. The molecule has 1 unspecified atom stereocenters. The minimum absolute atomic E-state index is 0.0217. The smallest absolute Gasteiger partial charge is 0.334 e. The van der Waals surface area contributed by atoms with E-state index in [1.807, 2.05) is 0 Å². The van der Waals surface area contributed by atoms with Crippen molar-refractivity contribution in [1.29, 1.82) is 0 Å². The van der Waals surface area contributed by atoms with E-state index in [0.717, 1.165) is 0 Å². The summed E-state index contributed by atoms with van der Waals surface area (Å²) in [5.74, 6) is -1.31. The van der Waals surface area contributed by atoms with Gasteiger partial charge >= 0.3 is 5.97 Å². The molecule has 1 aliphatic rings. The molecule has 1 atom stereocenters. The summed E-state index contributed by atoms with van der Waals surface area (Å²) in [6.45, 7) is 2.28. The molecule has 1 aliphatic heterocycles. The topological polar surface area (TPSA) is 92.9 Å². The molecule has 92 valence electrons. The Morgan fingerprint density at radius 2 is 2.35 bits per heavy atom. The van der Waals surface area contributed by atoms with E-state index in [0.29, 0.717) is 12.2 Å². The fourth-order valence-electron chi connectivity index (χ4n) is 1.60. The van der Waals surface area contributed by atoms with Crippen molar-refractivity contribution in [1.82, 2.24) is 10.1 Å². The Hall–Kier alpha value is -1.89. The number of nitrogens with zero attached hydrogens (tertiary/aromatic N) is 2. The lowest BCUT2D eigenvalue weighted by molar-refractivity contribution is -0.154. The molecule has 2 heterocycles. The zero-order chi connectivity index (χ0) is 12.4. The fourth-order valence-corrected chi connectivity index (χ4v) is 1.60. The third-order valence-corrected chi connectivity index (χ3v) is 2.47. The maximum atomic E-state index is 11.9. The Bertz CT molecular complexity index is 442. The van der Waals surface area contributed by atoms with Gasteiger partial charge in [0.05, 0.1) is 18.8 Å². The van der Waals surface area contributed by atoms with Gasteiger partial charge in [-0.2, -0.15) is 0 Å². The lowest BCUT2D eigenvalue weighted by atomic mass is 10.2. The molecule has 2 rings (SSSR count). The molecule has 7 heteroatoms. The van der Waals surface area contributed by atoms with E-state index in [9.17, 15) is 9.59 Å². The van der Waals surface area contributed by atoms with Gasteiger partial charge in [-0.15, -0.1) is 0 Å². The SMILES string of the molecule is Cc1cc(C(=O)N2CCOC(C(=O)O)C2)on1. The van der Waals surface area contributed by atoms with Crippen LogP contribution in [0, 0.1) is 6.92 Å². The van der Waals surface area contributed by atoms with Gasteiger partial charge < -0.3 is 19.3 Å². The minimum Gasteiger partial charge on any atom is -0.479 e. The van der Waals surface area contributed by atoms with Crippen molar-refractivity contribution in [2.75, 3.05) is 19.7 Å². The molecule has 0 aromatic carbocycles. The summed E-state index contributed by atoms with van der Waals surface area (Å²) < 4.78 is 9.87. The van der Waals surface area contributed by atoms with E-state index in [2.05, 4.69) is 5.16 Å². The molecule has 1 aromatic rings. The Balaban J connectivity index is 2.07. The van der Waals surface area contributed by atoms with E-state index in [-0.39, 0.29) is 24.8 Å². The Morgan fingerprint density at radius 3 is 2.94 bits per heavy atom. The second-order valence-corrected chi connectivity index (χ2v) is 3.78. The number of carbonyl (C=O) groups is 2. The van der Waals surface area contributed by atoms with Gasteiger partial charge in [-0.3, -0.25) is 4.79 Å². The van der Waals surface area contributed by atoms with Gasteiger partial charge in [-0.1, -0.05) is 5.16 Å². The van der Waals surface area contributed by atoms with Crippen LogP contribution in [-0.4, -0.2) is 52.8 Å². The van der Waals surface area contributed by atoms with Gasteiger partial charge in [0, 0.05) is 12.6 Å². The number of hydrogen-bond acceptors (Lipinski definition) is 5. The number of morpholine rings is 1. The zero-order valence-electron chi connectivity index (χ0n) is 9.25. The molecule has 7 nitrogen and oxygen atoms in total. The third-order valence-electron chi connectivity index (χ3n) is 2.47. The number of hydrogen-bond donors (Lipinski definition) is 1. The molecule has 1 saturated heterocycles. The van der Waals surface area contributed by atoms with E-state index in [4.69, 9.17) is 14.4 Å². The van der Waals surface area contributed by atoms with Crippen LogP contribution >= 0.6 is 0 Å². The lowest BCUT2D eigenvalue weighted by Crippen LogP contribution is -2.48. The number of carboxylic acids is 1. The van der Waals surface area contributed by atoms with Crippen molar-refractivity contribution >= 4 is 11.9 Å². The first-order valence-electron chi connectivity index (χ1n) is 5.15. The van der Waals surface area contributed by atoms with E-state index in [1.165, 1.54) is 11.0 Å². The van der Waals surface area contributed by atoms with Crippen LogP contribution in [0.25, 0.3) is 0 Å².